The number of aromatic nitrogens is 3. The van der Waals surface area contributed by atoms with Crippen molar-refractivity contribution in [3.63, 3.8) is 0 Å². The molecule has 0 aliphatic heterocycles. The second-order valence-corrected chi connectivity index (χ2v) is 5.58. The summed E-state index contributed by atoms with van der Waals surface area (Å²) in [5, 5.41) is 7.54. The molecule has 0 saturated heterocycles. The molecule has 7 heteroatoms. The number of pyridine rings is 1. The van der Waals surface area contributed by atoms with Crippen LogP contribution in [0.1, 0.15) is 16.1 Å². The van der Waals surface area contributed by atoms with Crippen LogP contribution in [0, 0.1) is 6.92 Å². The number of aryl methyl sites for hydroxylation is 1. The van der Waals surface area contributed by atoms with E-state index in [-0.39, 0.29) is 18.3 Å². The molecule has 0 spiro atoms. The zero-order valence-electron chi connectivity index (χ0n) is 12.9. The van der Waals surface area contributed by atoms with E-state index in [1.165, 1.54) is 4.68 Å². The van der Waals surface area contributed by atoms with Gasteiger partial charge in [0.05, 0.1) is 0 Å². The van der Waals surface area contributed by atoms with Crippen molar-refractivity contribution >= 4 is 23.3 Å². The molecule has 3 rings (SSSR count). The van der Waals surface area contributed by atoms with Crippen LogP contribution in [0.25, 0.3) is 0 Å². The Labute approximate surface area is 144 Å². The van der Waals surface area contributed by atoms with Crippen LogP contribution in [-0.4, -0.2) is 20.7 Å². The summed E-state index contributed by atoms with van der Waals surface area (Å²) in [4.78, 5) is 16.3. The molecule has 122 valence electrons. The second-order valence-electron chi connectivity index (χ2n) is 5.14. The summed E-state index contributed by atoms with van der Waals surface area (Å²) in [5.41, 5.74) is 1.31. The molecule has 0 unspecified atom stereocenters. The third-order valence-electron chi connectivity index (χ3n) is 3.21. The normalized spacial score (nSPS) is 10.4. The first kappa shape index (κ1) is 16.0. The van der Waals surface area contributed by atoms with Crippen molar-refractivity contribution in [2.24, 2.45) is 0 Å². The monoisotopic (exact) mass is 342 g/mol. The summed E-state index contributed by atoms with van der Waals surface area (Å²) >= 11 is 5.82. The molecule has 0 radical (unpaired) electrons. The molecule has 1 aromatic carbocycles. The Morgan fingerprint density at radius 1 is 1.25 bits per heavy atom. The van der Waals surface area contributed by atoms with Gasteiger partial charge in [0.15, 0.2) is 12.4 Å². The largest absolute Gasteiger partial charge is 0.471 e. The highest BCUT2D eigenvalue weighted by Gasteiger charge is 2.10. The van der Waals surface area contributed by atoms with Gasteiger partial charge in [-0.2, -0.15) is 5.10 Å². The number of benzene rings is 1. The van der Waals surface area contributed by atoms with Crippen LogP contribution in [0.2, 0.25) is 5.02 Å². The molecule has 0 aliphatic rings. The standard InChI is InChI=1S/C17H15ClN4O2/c1-12-6-8-19-16(10-12)20-17(23)15-7-9-22(21-15)11-24-14-4-2-13(18)3-5-14/h2-10H,11H2,1H3,(H,19,20,23). The van der Waals surface area contributed by atoms with Gasteiger partial charge in [-0.3, -0.25) is 4.79 Å². The molecule has 0 bridgehead atoms. The molecule has 0 fully saturated rings. The van der Waals surface area contributed by atoms with Gasteiger partial charge in [0.2, 0.25) is 0 Å². The van der Waals surface area contributed by atoms with Gasteiger partial charge in [-0.05, 0) is 55.0 Å². The lowest BCUT2D eigenvalue weighted by Gasteiger charge is -2.06. The van der Waals surface area contributed by atoms with Crippen molar-refractivity contribution in [3.05, 3.63) is 71.1 Å². The number of carbonyl (C=O) groups is 1. The molecule has 3 aromatic rings. The number of nitrogens with one attached hydrogen (secondary N) is 1. The fourth-order valence-electron chi connectivity index (χ4n) is 2.01. The Bertz CT molecular complexity index is 846. The molecule has 24 heavy (non-hydrogen) atoms. The zero-order chi connectivity index (χ0) is 16.9. The number of amides is 1. The van der Waals surface area contributed by atoms with Gasteiger partial charge in [0, 0.05) is 17.4 Å². The summed E-state index contributed by atoms with van der Waals surface area (Å²) in [7, 11) is 0. The minimum atomic E-state index is -0.321. The summed E-state index contributed by atoms with van der Waals surface area (Å²) in [6.07, 6.45) is 3.32. The average Bonchev–Trinajstić information content (AvgIpc) is 3.03. The molecule has 1 N–H and O–H groups in total. The van der Waals surface area contributed by atoms with Crippen LogP contribution in [0.15, 0.2) is 54.9 Å². The van der Waals surface area contributed by atoms with Gasteiger partial charge >= 0.3 is 0 Å². The summed E-state index contributed by atoms with van der Waals surface area (Å²) < 4.78 is 7.11. The zero-order valence-corrected chi connectivity index (χ0v) is 13.7. The molecule has 6 nitrogen and oxygen atoms in total. The Morgan fingerprint density at radius 3 is 2.79 bits per heavy atom. The number of hydrogen-bond donors (Lipinski definition) is 1. The maximum Gasteiger partial charge on any atom is 0.277 e. The first-order valence-electron chi connectivity index (χ1n) is 7.26. The summed E-state index contributed by atoms with van der Waals surface area (Å²) in [6.45, 7) is 2.12. The number of hydrogen-bond acceptors (Lipinski definition) is 4. The molecule has 2 heterocycles. The number of rotatable bonds is 5. The maximum absolute atomic E-state index is 12.2. The fraction of sp³-hybridized carbons (Fsp3) is 0.118. The van der Waals surface area contributed by atoms with Gasteiger partial charge in [0.1, 0.15) is 11.6 Å². The van der Waals surface area contributed by atoms with Crippen LogP contribution >= 0.6 is 11.6 Å². The van der Waals surface area contributed by atoms with Crippen molar-refractivity contribution in [2.45, 2.75) is 13.7 Å². The number of carbonyl (C=O) groups excluding carboxylic acids is 1. The van der Waals surface area contributed by atoms with E-state index >= 15 is 0 Å². The SMILES string of the molecule is Cc1ccnc(NC(=O)c2ccn(COc3ccc(Cl)cc3)n2)c1. The van der Waals surface area contributed by atoms with E-state index in [0.717, 1.165) is 5.56 Å². The Kier molecular flexibility index (Phi) is 4.77. The highest BCUT2D eigenvalue weighted by Crippen LogP contribution is 2.16. The van der Waals surface area contributed by atoms with Gasteiger partial charge in [-0.15, -0.1) is 0 Å². The first-order chi connectivity index (χ1) is 11.6. The molecular formula is C17H15ClN4O2. The molecule has 0 saturated carbocycles. The lowest BCUT2D eigenvalue weighted by Crippen LogP contribution is -2.15. The van der Waals surface area contributed by atoms with E-state index in [9.17, 15) is 4.79 Å². The minimum Gasteiger partial charge on any atom is -0.471 e. The second kappa shape index (κ2) is 7.14. The predicted molar refractivity (Wildman–Crippen MR) is 91.2 cm³/mol. The number of anilines is 1. The number of halogens is 1. The van der Waals surface area contributed by atoms with Gasteiger partial charge < -0.3 is 10.1 Å². The van der Waals surface area contributed by atoms with Crippen molar-refractivity contribution in [2.75, 3.05) is 5.32 Å². The fourth-order valence-corrected chi connectivity index (χ4v) is 2.14. The first-order valence-corrected chi connectivity index (χ1v) is 7.64. The smallest absolute Gasteiger partial charge is 0.277 e. The van der Waals surface area contributed by atoms with Crippen LogP contribution < -0.4 is 10.1 Å². The van der Waals surface area contributed by atoms with Crippen molar-refractivity contribution in [1.82, 2.24) is 14.8 Å². The maximum atomic E-state index is 12.2. The predicted octanol–water partition coefficient (Wildman–Crippen LogP) is 3.53. The van der Waals surface area contributed by atoms with Gasteiger partial charge in [-0.1, -0.05) is 11.6 Å². The Hall–Kier alpha value is -2.86. The lowest BCUT2D eigenvalue weighted by atomic mass is 10.3. The Balaban J connectivity index is 1.60. The molecule has 2 aromatic heterocycles. The highest BCUT2D eigenvalue weighted by molar-refractivity contribution is 6.30. The summed E-state index contributed by atoms with van der Waals surface area (Å²) in [6, 6.07) is 12.3. The van der Waals surface area contributed by atoms with Crippen molar-refractivity contribution in [1.29, 1.82) is 0 Å². The van der Waals surface area contributed by atoms with Gasteiger partial charge in [0.25, 0.3) is 5.91 Å². The van der Waals surface area contributed by atoms with Gasteiger partial charge in [-0.25, -0.2) is 9.67 Å². The van der Waals surface area contributed by atoms with E-state index in [1.54, 1.807) is 48.8 Å². The van der Waals surface area contributed by atoms with Crippen molar-refractivity contribution in [3.8, 4) is 5.75 Å². The lowest BCUT2D eigenvalue weighted by molar-refractivity contribution is 0.102. The van der Waals surface area contributed by atoms with E-state index in [1.807, 2.05) is 13.0 Å². The van der Waals surface area contributed by atoms with Crippen LogP contribution in [0.5, 0.6) is 5.75 Å². The molecular weight excluding hydrogens is 328 g/mol. The average molecular weight is 343 g/mol. The van der Waals surface area contributed by atoms with E-state index in [2.05, 4.69) is 15.4 Å². The quantitative estimate of drug-likeness (QED) is 0.770. The number of ether oxygens (including phenoxy) is 1. The van der Waals surface area contributed by atoms with Crippen LogP contribution in [0.3, 0.4) is 0 Å². The molecule has 1 amide bonds. The molecule has 0 aliphatic carbocycles. The van der Waals surface area contributed by atoms with E-state index in [0.29, 0.717) is 16.6 Å². The minimum absolute atomic E-state index is 0.192. The summed E-state index contributed by atoms with van der Waals surface area (Å²) in [5.74, 6) is 0.843. The van der Waals surface area contributed by atoms with E-state index in [4.69, 9.17) is 16.3 Å². The van der Waals surface area contributed by atoms with E-state index < -0.39 is 0 Å². The number of nitrogens with zero attached hydrogens (tertiary/aromatic N) is 3. The van der Waals surface area contributed by atoms with Crippen molar-refractivity contribution < 1.29 is 9.53 Å². The highest BCUT2D eigenvalue weighted by atomic mass is 35.5. The Morgan fingerprint density at radius 2 is 2.04 bits per heavy atom. The van der Waals surface area contributed by atoms with Crippen LogP contribution in [0.4, 0.5) is 5.82 Å². The third kappa shape index (κ3) is 4.11. The third-order valence-corrected chi connectivity index (χ3v) is 3.46. The van der Waals surface area contributed by atoms with Crippen LogP contribution in [-0.2, 0) is 6.73 Å². The molecule has 0 atom stereocenters. The topological polar surface area (TPSA) is 69.0 Å².